The Balaban J connectivity index is 2.50. The maximum absolute atomic E-state index is 11.4. The van der Waals surface area contributed by atoms with Crippen molar-refractivity contribution in [3.8, 4) is 0 Å². The zero-order valence-corrected chi connectivity index (χ0v) is 9.46. The van der Waals surface area contributed by atoms with E-state index in [1.165, 1.54) is 6.92 Å². The van der Waals surface area contributed by atoms with Crippen LogP contribution in [0.25, 0.3) is 0 Å². The Kier molecular flexibility index (Phi) is 4.66. The SMILES string of the molecule is C[C@H](NC(=O)C(O)Cc1ccccc1)C(=O)O. The number of carbonyl (C=O) groups is 2. The fraction of sp³-hybridized carbons (Fsp3) is 0.333. The summed E-state index contributed by atoms with van der Waals surface area (Å²) >= 11 is 0. The van der Waals surface area contributed by atoms with Gasteiger partial charge in [0.15, 0.2) is 0 Å². The first-order valence-corrected chi connectivity index (χ1v) is 5.26. The number of carbonyl (C=O) groups excluding carboxylic acids is 1. The van der Waals surface area contributed by atoms with Crippen LogP contribution in [0.15, 0.2) is 30.3 Å². The molecule has 2 atom stereocenters. The van der Waals surface area contributed by atoms with Crippen LogP contribution in [0.1, 0.15) is 12.5 Å². The van der Waals surface area contributed by atoms with Crippen LogP contribution in [-0.4, -0.2) is 34.2 Å². The highest BCUT2D eigenvalue weighted by Gasteiger charge is 2.20. The second-order valence-electron chi connectivity index (χ2n) is 3.77. The number of hydrogen-bond donors (Lipinski definition) is 3. The summed E-state index contributed by atoms with van der Waals surface area (Å²) in [6, 6.07) is 8.02. The summed E-state index contributed by atoms with van der Waals surface area (Å²) in [4.78, 5) is 22.0. The summed E-state index contributed by atoms with van der Waals surface area (Å²) in [5.74, 6) is -1.81. The van der Waals surface area contributed by atoms with E-state index in [0.717, 1.165) is 5.56 Å². The Hall–Kier alpha value is -1.88. The average molecular weight is 237 g/mol. The summed E-state index contributed by atoms with van der Waals surface area (Å²) in [5.41, 5.74) is 0.818. The largest absolute Gasteiger partial charge is 0.480 e. The van der Waals surface area contributed by atoms with E-state index in [0.29, 0.717) is 0 Å². The predicted molar refractivity (Wildman–Crippen MR) is 61.4 cm³/mol. The molecule has 5 heteroatoms. The maximum atomic E-state index is 11.4. The van der Waals surface area contributed by atoms with Gasteiger partial charge in [0.2, 0.25) is 5.91 Å². The van der Waals surface area contributed by atoms with Crippen molar-refractivity contribution in [1.82, 2.24) is 5.32 Å². The number of aliphatic hydroxyl groups excluding tert-OH is 1. The lowest BCUT2D eigenvalue weighted by Crippen LogP contribution is -2.44. The predicted octanol–water partition coefficient (Wildman–Crippen LogP) is 0.179. The Labute approximate surface area is 99.1 Å². The van der Waals surface area contributed by atoms with Crippen molar-refractivity contribution in [2.45, 2.75) is 25.5 Å². The number of aliphatic hydroxyl groups is 1. The molecule has 0 radical (unpaired) electrons. The molecular weight excluding hydrogens is 222 g/mol. The minimum absolute atomic E-state index is 0.166. The molecule has 1 amide bonds. The van der Waals surface area contributed by atoms with Gasteiger partial charge in [-0.25, -0.2) is 0 Å². The second kappa shape index (κ2) is 6.00. The lowest BCUT2D eigenvalue weighted by Gasteiger charge is -2.13. The average Bonchev–Trinajstić information content (AvgIpc) is 2.29. The number of benzene rings is 1. The van der Waals surface area contributed by atoms with Crippen LogP contribution in [0.2, 0.25) is 0 Å². The van der Waals surface area contributed by atoms with Crippen molar-refractivity contribution in [3.63, 3.8) is 0 Å². The van der Waals surface area contributed by atoms with Gasteiger partial charge >= 0.3 is 5.97 Å². The van der Waals surface area contributed by atoms with Crippen molar-refractivity contribution in [2.75, 3.05) is 0 Å². The summed E-state index contributed by atoms with van der Waals surface area (Å²) < 4.78 is 0. The van der Waals surface area contributed by atoms with Gasteiger partial charge in [-0.3, -0.25) is 9.59 Å². The highest BCUT2D eigenvalue weighted by atomic mass is 16.4. The van der Waals surface area contributed by atoms with Crippen LogP contribution in [0.3, 0.4) is 0 Å². The van der Waals surface area contributed by atoms with E-state index in [1.807, 2.05) is 6.07 Å². The fourth-order valence-electron chi connectivity index (χ4n) is 1.30. The zero-order valence-electron chi connectivity index (χ0n) is 9.46. The number of carboxylic acid groups (broad SMARTS) is 1. The van der Waals surface area contributed by atoms with Crippen LogP contribution in [0.4, 0.5) is 0 Å². The molecule has 0 aliphatic heterocycles. The van der Waals surface area contributed by atoms with Gasteiger partial charge in [-0.1, -0.05) is 30.3 Å². The summed E-state index contributed by atoms with van der Waals surface area (Å²) in [7, 11) is 0. The standard InChI is InChI=1S/C12H15NO4/c1-8(12(16)17)13-11(15)10(14)7-9-5-3-2-4-6-9/h2-6,8,10,14H,7H2,1H3,(H,13,15)(H,16,17)/t8-,10?/m0/s1. The van der Waals surface area contributed by atoms with Gasteiger partial charge in [-0.15, -0.1) is 0 Å². The third-order valence-corrected chi connectivity index (χ3v) is 2.30. The van der Waals surface area contributed by atoms with Gasteiger partial charge < -0.3 is 15.5 Å². The Morgan fingerprint density at radius 2 is 1.88 bits per heavy atom. The molecule has 1 aromatic rings. The number of carboxylic acids is 1. The summed E-state index contributed by atoms with van der Waals surface area (Å²) in [6.45, 7) is 1.34. The Bertz CT molecular complexity index is 391. The maximum Gasteiger partial charge on any atom is 0.325 e. The quantitative estimate of drug-likeness (QED) is 0.681. The van der Waals surface area contributed by atoms with Gasteiger partial charge in [-0.05, 0) is 12.5 Å². The molecule has 1 unspecified atom stereocenters. The monoisotopic (exact) mass is 237 g/mol. The van der Waals surface area contributed by atoms with E-state index >= 15 is 0 Å². The van der Waals surface area contributed by atoms with E-state index in [-0.39, 0.29) is 6.42 Å². The van der Waals surface area contributed by atoms with Gasteiger partial charge in [0.1, 0.15) is 12.1 Å². The van der Waals surface area contributed by atoms with Gasteiger partial charge in [0.25, 0.3) is 0 Å². The highest BCUT2D eigenvalue weighted by Crippen LogP contribution is 2.03. The molecule has 0 aromatic heterocycles. The van der Waals surface area contributed by atoms with Crippen LogP contribution >= 0.6 is 0 Å². The molecule has 1 aromatic carbocycles. The molecule has 92 valence electrons. The zero-order chi connectivity index (χ0) is 12.8. The van der Waals surface area contributed by atoms with E-state index in [2.05, 4.69) is 5.32 Å². The first-order valence-electron chi connectivity index (χ1n) is 5.26. The van der Waals surface area contributed by atoms with Crippen molar-refractivity contribution < 1.29 is 19.8 Å². The first kappa shape index (κ1) is 13.2. The lowest BCUT2D eigenvalue weighted by molar-refractivity contribution is -0.142. The van der Waals surface area contributed by atoms with Gasteiger partial charge in [-0.2, -0.15) is 0 Å². The Morgan fingerprint density at radius 3 is 2.41 bits per heavy atom. The van der Waals surface area contributed by atoms with E-state index < -0.39 is 24.0 Å². The molecule has 0 aliphatic carbocycles. The van der Waals surface area contributed by atoms with Crippen LogP contribution in [-0.2, 0) is 16.0 Å². The van der Waals surface area contributed by atoms with Crippen molar-refractivity contribution in [1.29, 1.82) is 0 Å². The van der Waals surface area contributed by atoms with Gasteiger partial charge in [0, 0.05) is 6.42 Å². The smallest absolute Gasteiger partial charge is 0.325 e. The van der Waals surface area contributed by atoms with E-state index in [9.17, 15) is 14.7 Å². The van der Waals surface area contributed by atoms with Crippen LogP contribution in [0, 0.1) is 0 Å². The van der Waals surface area contributed by atoms with Crippen molar-refractivity contribution >= 4 is 11.9 Å². The number of rotatable bonds is 5. The third-order valence-electron chi connectivity index (χ3n) is 2.30. The third kappa shape index (κ3) is 4.24. The lowest BCUT2D eigenvalue weighted by atomic mass is 10.1. The Morgan fingerprint density at radius 1 is 1.29 bits per heavy atom. The van der Waals surface area contributed by atoms with Crippen molar-refractivity contribution in [2.24, 2.45) is 0 Å². The van der Waals surface area contributed by atoms with E-state index in [1.54, 1.807) is 24.3 Å². The summed E-state index contributed by atoms with van der Waals surface area (Å²) in [5, 5.41) is 20.4. The van der Waals surface area contributed by atoms with Crippen molar-refractivity contribution in [3.05, 3.63) is 35.9 Å². The minimum Gasteiger partial charge on any atom is -0.480 e. The minimum atomic E-state index is -1.24. The second-order valence-corrected chi connectivity index (χ2v) is 3.77. The van der Waals surface area contributed by atoms with Crippen LogP contribution in [0.5, 0.6) is 0 Å². The molecule has 0 saturated carbocycles. The molecule has 0 spiro atoms. The molecule has 0 aliphatic rings. The topological polar surface area (TPSA) is 86.6 Å². The molecule has 0 heterocycles. The molecule has 3 N–H and O–H groups in total. The number of hydrogen-bond acceptors (Lipinski definition) is 3. The molecule has 0 bridgehead atoms. The van der Waals surface area contributed by atoms with Gasteiger partial charge in [0.05, 0.1) is 0 Å². The fourth-order valence-corrected chi connectivity index (χ4v) is 1.30. The summed E-state index contributed by atoms with van der Waals surface area (Å²) in [6.07, 6.45) is -1.07. The normalized spacial score (nSPS) is 13.8. The molecule has 5 nitrogen and oxygen atoms in total. The number of nitrogens with one attached hydrogen (secondary N) is 1. The molecule has 17 heavy (non-hydrogen) atoms. The first-order chi connectivity index (χ1) is 8.00. The molecule has 0 saturated heterocycles. The van der Waals surface area contributed by atoms with E-state index in [4.69, 9.17) is 5.11 Å². The highest BCUT2D eigenvalue weighted by molar-refractivity contribution is 5.86. The molecular formula is C12H15NO4. The molecule has 0 fully saturated rings. The van der Waals surface area contributed by atoms with Crippen LogP contribution < -0.4 is 5.32 Å². The number of aliphatic carboxylic acids is 1. The number of amides is 1. The molecule has 1 rings (SSSR count).